The Morgan fingerprint density at radius 1 is 1.42 bits per heavy atom. The van der Waals surface area contributed by atoms with Gasteiger partial charge in [-0.1, -0.05) is 19.1 Å². The molecule has 2 rings (SSSR count). The van der Waals surface area contributed by atoms with Gasteiger partial charge in [0.25, 0.3) is 0 Å². The average Bonchev–Trinajstić information content (AvgIpc) is 3.16. The predicted octanol–water partition coefficient (Wildman–Crippen LogP) is 2.13. The average molecular weight is 282 g/mol. The van der Waals surface area contributed by atoms with Crippen LogP contribution >= 0.6 is 0 Å². The van der Waals surface area contributed by atoms with E-state index in [9.17, 15) is 13.2 Å². The summed E-state index contributed by atoms with van der Waals surface area (Å²) in [6.07, 6.45) is 2.30. The Kier molecular flexibility index (Phi) is 3.94. The molecule has 1 fully saturated rings. The van der Waals surface area contributed by atoms with Crippen molar-refractivity contribution in [2.45, 2.75) is 31.1 Å². The molecule has 5 heteroatoms. The Labute approximate surface area is 113 Å². The van der Waals surface area contributed by atoms with Crippen LogP contribution in [-0.4, -0.2) is 25.2 Å². The molecule has 0 heterocycles. The van der Waals surface area contributed by atoms with Crippen molar-refractivity contribution in [3.05, 3.63) is 29.8 Å². The molecule has 1 aromatic carbocycles. The molecule has 1 aromatic rings. The molecule has 0 aromatic heterocycles. The first-order valence-electron chi connectivity index (χ1n) is 6.48. The lowest BCUT2D eigenvalue weighted by atomic mass is 10.1. The SMILES string of the molecule is CCS(=O)(=O)c1cccc(CCC2CC2C(=O)O)c1. The molecule has 1 aliphatic rings. The summed E-state index contributed by atoms with van der Waals surface area (Å²) < 4.78 is 23.5. The van der Waals surface area contributed by atoms with E-state index >= 15 is 0 Å². The summed E-state index contributed by atoms with van der Waals surface area (Å²) in [5.74, 6) is -0.556. The number of rotatable bonds is 6. The number of hydrogen-bond donors (Lipinski definition) is 1. The second-order valence-electron chi connectivity index (χ2n) is 5.03. The van der Waals surface area contributed by atoms with Crippen LogP contribution in [0.1, 0.15) is 25.3 Å². The number of carboxylic acids is 1. The zero-order valence-corrected chi connectivity index (χ0v) is 11.7. The molecule has 104 valence electrons. The molecule has 1 saturated carbocycles. The lowest BCUT2D eigenvalue weighted by Gasteiger charge is -2.05. The fraction of sp³-hybridized carbons (Fsp3) is 0.500. The van der Waals surface area contributed by atoms with Crippen molar-refractivity contribution in [3.63, 3.8) is 0 Å². The lowest BCUT2D eigenvalue weighted by molar-refractivity contribution is -0.138. The highest BCUT2D eigenvalue weighted by atomic mass is 32.2. The zero-order chi connectivity index (χ0) is 14.0. The highest BCUT2D eigenvalue weighted by Gasteiger charge is 2.42. The van der Waals surface area contributed by atoms with Crippen LogP contribution in [0.3, 0.4) is 0 Å². The van der Waals surface area contributed by atoms with E-state index in [1.807, 2.05) is 6.07 Å². The molecule has 1 aliphatic carbocycles. The van der Waals surface area contributed by atoms with Gasteiger partial charge in [-0.3, -0.25) is 4.79 Å². The predicted molar refractivity (Wildman–Crippen MR) is 71.7 cm³/mol. The lowest BCUT2D eigenvalue weighted by Crippen LogP contribution is -2.04. The first-order valence-corrected chi connectivity index (χ1v) is 8.13. The van der Waals surface area contributed by atoms with Crippen LogP contribution in [0.5, 0.6) is 0 Å². The van der Waals surface area contributed by atoms with E-state index in [0.717, 1.165) is 24.8 Å². The van der Waals surface area contributed by atoms with Gasteiger partial charge in [-0.25, -0.2) is 8.42 Å². The molecule has 2 unspecified atom stereocenters. The maximum atomic E-state index is 11.8. The summed E-state index contributed by atoms with van der Waals surface area (Å²) in [5, 5.41) is 8.82. The van der Waals surface area contributed by atoms with Crippen LogP contribution in [0.25, 0.3) is 0 Å². The summed E-state index contributed by atoms with van der Waals surface area (Å²) in [4.78, 5) is 11.1. The molecule has 4 nitrogen and oxygen atoms in total. The monoisotopic (exact) mass is 282 g/mol. The fourth-order valence-corrected chi connectivity index (χ4v) is 3.23. The Morgan fingerprint density at radius 2 is 2.16 bits per heavy atom. The Bertz CT molecular complexity index is 577. The Hall–Kier alpha value is -1.36. The van der Waals surface area contributed by atoms with Crippen LogP contribution in [-0.2, 0) is 21.1 Å². The van der Waals surface area contributed by atoms with E-state index in [-0.39, 0.29) is 17.6 Å². The Balaban J connectivity index is 1.99. The van der Waals surface area contributed by atoms with Gasteiger partial charge in [0.2, 0.25) is 0 Å². The van der Waals surface area contributed by atoms with E-state index in [1.165, 1.54) is 0 Å². The summed E-state index contributed by atoms with van der Waals surface area (Å²) >= 11 is 0. The summed E-state index contributed by atoms with van der Waals surface area (Å²) in [6, 6.07) is 6.96. The third-order valence-corrected chi connectivity index (χ3v) is 5.41. The van der Waals surface area contributed by atoms with E-state index in [1.54, 1.807) is 25.1 Å². The van der Waals surface area contributed by atoms with Crippen molar-refractivity contribution >= 4 is 15.8 Å². The maximum absolute atomic E-state index is 11.8. The van der Waals surface area contributed by atoms with Gasteiger partial charge in [-0.2, -0.15) is 0 Å². The number of carbonyl (C=O) groups is 1. The standard InChI is InChI=1S/C14H18O4S/c1-2-19(17,18)12-5-3-4-10(8-12)6-7-11-9-13(11)14(15)16/h3-5,8,11,13H,2,6-7,9H2,1H3,(H,15,16). The minimum atomic E-state index is -3.16. The molecule has 0 spiro atoms. The van der Waals surface area contributed by atoms with E-state index in [0.29, 0.717) is 4.90 Å². The van der Waals surface area contributed by atoms with E-state index in [2.05, 4.69) is 0 Å². The third-order valence-electron chi connectivity index (χ3n) is 3.68. The highest BCUT2D eigenvalue weighted by Crippen LogP contribution is 2.42. The number of aliphatic carboxylic acids is 1. The summed E-state index contributed by atoms with van der Waals surface area (Å²) in [5.41, 5.74) is 0.963. The quantitative estimate of drug-likeness (QED) is 0.867. The van der Waals surface area contributed by atoms with Gasteiger partial charge in [0.1, 0.15) is 0 Å². The van der Waals surface area contributed by atoms with Crippen LogP contribution in [0.15, 0.2) is 29.2 Å². The second kappa shape index (κ2) is 5.33. The number of hydrogen-bond acceptors (Lipinski definition) is 3. The van der Waals surface area contributed by atoms with Crippen molar-refractivity contribution in [2.75, 3.05) is 5.75 Å². The van der Waals surface area contributed by atoms with Crippen molar-refractivity contribution in [3.8, 4) is 0 Å². The molecule has 19 heavy (non-hydrogen) atoms. The van der Waals surface area contributed by atoms with E-state index in [4.69, 9.17) is 5.11 Å². The van der Waals surface area contributed by atoms with Crippen molar-refractivity contribution in [1.29, 1.82) is 0 Å². The number of sulfone groups is 1. The van der Waals surface area contributed by atoms with Crippen LogP contribution in [0.4, 0.5) is 0 Å². The minimum absolute atomic E-state index is 0.0974. The van der Waals surface area contributed by atoms with Gasteiger partial charge in [-0.05, 0) is 42.9 Å². The van der Waals surface area contributed by atoms with Gasteiger partial charge in [-0.15, -0.1) is 0 Å². The third kappa shape index (κ3) is 3.35. The van der Waals surface area contributed by atoms with Gasteiger partial charge < -0.3 is 5.11 Å². The van der Waals surface area contributed by atoms with E-state index < -0.39 is 15.8 Å². The topological polar surface area (TPSA) is 71.4 Å². The van der Waals surface area contributed by atoms with Gasteiger partial charge in [0.05, 0.1) is 16.6 Å². The second-order valence-corrected chi connectivity index (χ2v) is 7.31. The smallest absolute Gasteiger partial charge is 0.306 e. The van der Waals surface area contributed by atoms with Crippen molar-refractivity contribution in [2.24, 2.45) is 11.8 Å². The van der Waals surface area contributed by atoms with Crippen molar-refractivity contribution in [1.82, 2.24) is 0 Å². The van der Waals surface area contributed by atoms with Crippen LogP contribution < -0.4 is 0 Å². The first kappa shape index (κ1) is 14.1. The largest absolute Gasteiger partial charge is 0.481 e. The molecule has 0 saturated heterocycles. The van der Waals surface area contributed by atoms with Crippen LogP contribution in [0, 0.1) is 11.8 Å². The molecule has 0 radical (unpaired) electrons. The Morgan fingerprint density at radius 3 is 2.74 bits per heavy atom. The number of aryl methyl sites for hydroxylation is 1. The molecule has 1 N–H and O–H groups in total. The molecular weight excluding hydrogens is 264 g/mol. The van der Waals surface area contributed by atoms with Crippen molar-refractivity contribution < 1.29 is 18.3 Å². The zero-order valence-electron chi connectivity index (χ0n) is 10.9. The summed E-state index contributed by atoms with van der Waals surface area (Å²) in [7, 11) is -3.16. The number of carboxylic acid groups (broad SMARTS) is 1. The molecule has 0 bridgehead atoms. The van der Waals surface area contributed by atoms with Crippen LogP contribution in [0.2, 0.25) is 0 Å². The molecule has 2 atom stereocenters. The van der Waals surface area contributed by atoms with Gasteiger partial charge in [0, 0.05) is 0 Å². The molecular formula is C14H18O4S. The highest BCUT2D eigenvalue weighted by molar-refractivity contribution is 7.91. The fourth-order valence-electron chi connectivity index (χ4n) is 2.28. The maximum Gasteiger partial charge on any atom is 0.306 e. The first-order chi connectivity index (χ1) is 8.94. The van der Waals surface area contributed by atoms with Gasteiger partial charge >= 0.3 is 5.97 Å². The molecule has 0 aliphatic heterocycles. The normalized spacial score (nSPS) is 22.2. The number of benzene rings is 1. The van der Waals surface area contributed by atoms with Gasteiger partial charge in [0.15, 0.2) is 9.84 Å². The minimum Gasteiger partial charge on any atom is -0.481 e. The molecule has 0 amide bonds. The summed E-state index contributed by atoms with van der Waals surface area (Å²) in [6.45, 7) is 1.63.